The van der Waals surface area contributed by atoms with Crippen molar-refractivity contribution in [1.82, 2.24) is 0 Å². The second-order valence-corrected chi connectivity index (χ2v) is 19.0. The number of para-hydroxylation sites is 1. The lowest BCUT2D eigenvalue weighted by Crippen LogP contribution is -2.22. The highest BCUT2D eigenvalue weighted by Gasteiger charge is 2.41. The van der Waals surface area contributed by atoms with Gasteiger partial charge in [0.1, 0.15) is 0 Å². The zero-order chi connectivity index (χ0) is 42.7. The van der Waals surface area contributed by atoms with E-state index in [1.807, 2.05) is 0 Å². The Balaban J connectivity index is 1.02. The summed E-state index contributed by atoms with van der Waals surface area (Å²) in [5.41, 5.74) is 25.4. The molecule has 0 amide bonds. The van der Waals surface area contributed by atoms with E-state index in [1.165, 1.54) is 94.6 Å². The predicted octanol–water partition coefficient (Wildman–Crippen LogP) is 16.4. The minimum atomic E-state index is -0.252. The summed E-state index contributed by atoms with van der Waals surface area (Å²) in [6, 6.07) is 77.3. The molecule has 1 unspecified atom stereocenters. The largest absolute Gasteiger partial charge is 0.310 e. The molecule has 0 saturated carbocycles. The van der Waals surface area contributed by atoms with Gasteiger partial charge in [-0.15, -0.1) is 0 Å². The Morgan fingerprint density at radius 3 is 1.54 bits per heavy atom. The Morgan fingerprint density at radius 2 is 0.794 bits per heavy atom. The van der Waals surface area contributed by atoms with Crippen LogP contribution in [0, 0.1) is 0 Å². The summed E-state index contributed by atoms with van der Waals surface area (Å²) in [5, 5.41) is 0. The van der Waals surface area contributed by atoms with Gasteiger partial charge >= 0.3 is 0 Å². The van der Waals surface area contributed by atoms with Crippen molar-refractivity contribution >= 4 is 17.1 Å². The first-order chi connectivity index (χ1) is 30.7. The van der Waals surface area contributed by atoms with Crippen LogP contribution < -0.4 is 4.90 Å². The molecule has 302 valence electrons. The summed E-state index contributed by atoms with van der Waals surface area (Å²) in [5.74, 6) is 0. The summed E-state index contributed by atoms with van der Waals surface area (Å²) >= 11 is 0. The summed E-state index contributed by atoms with van der Waals surface area (Å²) in [4.78, 5) is 2.50. The summed E-state index contributed by atoms with van der Waals surface area (Å²) in [6.45, 7) is 11.9. The first-order valence-corrected chi connectivity index (χ1v) is 22.4. The SMILES string of the molecule is CC1(C)c2ccccc2-c2ccc(N(c3ccc(-c4ccc5c(c4)C(C)(c4ccccc4)c4ccccc4-5)cc3)c3ccccc3-c3cccc4c3-c3ccccc3C4(C)C)cc21. The van der Waals surface area contributed by atoms with Crippen LogP contribution in [0.4, 0.5) is 17.1 Å². The number of rotatable bonds is 6. The maximum atomic E-state index is 2.50. The molecule has 0 heterocycles. The van der Waals surface area contributed by atoms with Crippen molar-refractivity contribution in [3.63, 3.8) is 0 Å². The highest BCUT2D eigenvalue weighted by atomic mass is 15.1. The van der Waals surface area contributed by atoms with Gasteiger partial charge < -0.3 is 4.90 Å². The van der Waals surface area contributed by atoms with Crippen molar-refractivity contribution in [2.24, 2.45) is 0 Å². The minimum absolute atomic E-state index is 0.0914. The van der Waals surface area contributed by atoms with Crippen molar-refractivity contribution in [3.8, 4) is 55.6 Å². The molecule has 1 nitrogen and oxygen atoms in total. The fourth-order valence-electron chi connectivity index (χ4n) is 11.7. The van der Waals surface area contributed by atoms with Gasteiger partial charge in [-0.1, -0.05) is 198 Å². The zero-order valence-electron chi connectivity index (χ0n) is 36.6. The molecular weight excluding hydrogens is 759 g/mol. The Kier molecular flexibility index (Phi) is 8.13. The molecule has 0 fully saturated rings. The van der Waals surface area contributed by atoms with E-state index >= 15 is 0 Å². The van der Waals surface area contributed by atoms with Gasteiger partial charge in [0.25, 0.3) is 0 Å². The quantitative estimate of drug-likeness (QED) is 0.162. The van der Waals surface area contributed by atoms with Crippen LogP contribution in [-0.4, -0.2) is 0 Å². The predicted molar refractivity (Wildman–Crippen MR) is 265 cm³/mol. The third-order valence-corrected chi connectivity index (χ3v) is 15.0. The Labute approximate surface area is 372 Å². The van der Waals surface area contributed by atoms with E-state index in [0.717, 1.165) is 17.1 Å². The van der Waals surface area contributed by atoms with E-state index in [-0.39, 0.29) is 16.2 Å². The van der Waals surface area contributed by atoms with E-state index in [4.69, 9.17) is 0 Å². The molecule has 12 rings (SSSR count). The van der Waals surface area contributed by atoms with Crippen molar-refractivity contribution in [1.29, 1.82) is 0 Å². The fraction of sp³-hybridized carbons (Fsp3) is 0.129. The molecule has 63 heavy (non-hydrogen) atoms. The number of fused-ring (bicyclic) bond motifs is 9. The maximum Gasteiger partial charge on any atom is 0.0540 e. The topological polar surface area (TPSA) is 3.24 Å². The molecule has 3 aliphatic rings. The van der Waals surface area contributed by atoms with Crippen LogP contribution in [0.15, 0.2) is 206 Å². The monoisotopic (exact) mass is 807 g/mol. The lowest BCUT2D eigenvalue weighted by Gasteiger charge is -2.30. The van der Waals surface area contributed by atoms with E-state index < -0.39 is 0 Å². The normalized spacial score (nSPS) is 16.7. The first-order valence-electron chi connectivity index (χ1n) is 22.4. The van der Waals surface area contributed by atoms with Gasteiger partial charge in [0.2, 0.25) is 0 Å². The molecular formula is C62H49N. The van der Waals surface area contributed by atoms with Crippen molar-refractivity contribution in [2.45, 2.75) is 50.9 Å². The maximum absolute atomic E-state index is 2.50. The molecule has 0 saturated heterocycles. The number of anilines is 3. The molecule has 0 aliphatic heterocycles. The smallest absolute Gasteiger partial charge is 0.0540 e. The highest BCUT2D eigenvalue weighted by molar-refractivity contribution is 5.99. The number of hydrogen-bond acceptors (Lipinski definition) is 1. The molecule has 9 aromatic carbocycles. The first kappa shape index (κ1) is 37.5. The van der Waals surface area contributed by atoms with Crippen molar-refractivity contribution < 1.29 is 0 Å². The lowest BCUT2D eigenvalue weighted by molar-refractivity contribution is 0.660. The molecule has 3 aliphatic carbocycles. The Morgan fingerprint density at radius 1 is 0.302 bits per heavy atom. The molecule has 0 radical (unpaired) electrons. The molecule has 0 bridgehead atoms. The summed E-state index contributed by atoms with van der Waals surface area (Å²) in [7, 11) is 0. The summed E-state index contributed by atoms with van der Waals surface area (Å²) in [6.07, 6.45) is 0. The average molecular weight is 808 g/mol. The lowest BCUT2D eigenvalue weighted by atomic mass is 9.74. The third kappa shape index (κ3) is 5.36. The van der Waals surface area contributed by atoms with Crippen LogP contribution in [0.5, 0.6) is 0 Å². The molecule has 0 spiro atoms. The van der Waals surface area contributed by atoms with E-state index in [1.54, 1.807) is 0 Å². The highest BCUT2D eigenvalue weighted by Crippen LogP contribution is 2.56. The van der Waals surface area contributed by atoms with E-state index in [2.05, 4.69) is 246 Å². The van der Waals surface area contributed by atoms with E-state index in [9.17, 15) is 0 Å². The van der Waals surface area contributed by atoms with Gasteiger partial charge in [-0.2, -0.15) is 0 Å². The molecule has 0 N–H and O–H groups in total. The fourth-order valence-corrected chi connectivity index (χ4v) is 11.7. The van der Waals surface area contributed by atoms with Gasteiger partial charge in [-0.05, 0) is 132 Å². The van der Waals surface area contributed by atoms with Crippen LogP contribution in [0.1, 0.15) is 73.6 Å². The van der Waals surface area contributed by atoms with Gasteiger partial charge in [-0.3, -0.25) is 0 Å². The second-order valence-electron chi connectivity index (χ2n) is 19.0. The average Bonchev–Trinajstić information content (AvgIpc) is 3.83. The standard InChI is InChI=1S/C62H49N/c1-60(2)53-26-14-11-23-51(53)59-50(24-17-28-55(59)60)49-22-12-16-29-58(49)63(44-35-37-47-45-20-9-13-25-52(45)61(3,4)56(47)39-44)43-33-30-40(31-34-43)41-32-36-48-46-21-10-15-27-54(46)62(5,57(48)38-41)42-18-7-6-8-19-42/h6-39H,1-5H3. The number of hydrogen-bond donors (Lipinski definition) is 0. The van der Waals surface area contributed by atoms with Gasteiger partial charge in [0, 0.05) is 33.2 Å². The van der Waals surface area contributed by atoms with Gasteiger partial charge in [-0.25, -0.2) is 0 Å². The number of nitrogens with zero attached hydrogens (tertiary/aromatic N) is 1. The minimum Gasteiger partial charge on any atom is -0.310 e. The Bertz CT molecular complexity index is 3290. The Hall–Kier alpha value is -7.22. The van der Waals surface area contributed by atoms with Crippen molar-refractivity contribution in [3.05, 3.63) is 245 Å². The second kappa shape index (κ2) is 13.6. The van der Waals surface area contributed by atoms with Crippen molar-refractivity contribution in [2.75, 3.05) is 4.90 Å². The van der Waals surface area contributed by atoms with Crippen LogP contribution in [0.25, 0.3) is 55.6 Å². The molecule has 1 atom stereocenters. The van der Waals surface area contributed by atoms with Crippen LogP contribution >= 0.6 is 0 Å². The molecule has 1 heteroatoms. The van der Waals surface area contributed by atoms with E-state index in [0.29, 0.717) is 0 Å². The third-order valence-electron chi connectivity index (χ3n) is 15.0. The van der Waals surface area contributed by atoms with Gasteiger partial charge in [0.05, 0.1) is 5.69 Å². The van der Waals surface area contributed by atoms with Gasteiger partial charge in [0.15, 0.2) is 0 Å². The number of benzene rings is 9. The molecule has 9 aromatic rings. The van der Waals surface area contributed by atoms with Crippen LogP contribution in [-0.2, 0) is 16.2 Å². The zero-order valence-corrected chi connectivity index (χ0v) is 36.6. The van der Waals surface area contributed by atoms with Crippen LogP contribution in [0.2, 0.25) is 0 Å². The van der Waals surface area contributed by atoms with Crippen LogP contribution in [0.3, 0.4) is 0 Å². The summed E-state index contributed by atoms with van der Waals surface area (Å²) < 4.78 is 0. The molecule has 0 aromatic heterocycles.